The Morgan fingerprint density at radius 3 is 2.00 bits per heavy atom. The SMILES string of the molecule is CCCCCCCOC1CCC(c2ccc(C(=O)OSc3ccccc3)cc2)CC1.F.F.F.F.F. The molecule has 9 heteroatoms. The summed E-state index contributed by atoms with van der Waals surface area (Å²) in [7, 11) is 0. The van der Waals surface area contributed by atoms with Crippen molar-refractivity contribution in [3.05, 3.63) is 65.7 Å². The molecule has 0 spiro atoms. The van der Waals surface area contributed by atoms with Crippen LogP contribution in [-0.2, 0) is 8.92 Å². The number of carbonyl (C=O) groups is 1. The fourth-order valence-corrected chi connectivity index (χ4v) is 4.56. The lowest BCUT2D eigenvalue weighted by Gasteiger charge is -2.29. The number of benzene rings is 2. The highest BCUT2D eigenvalue weighted by Gasteiger charge is 2.23. The van der Waals surface area contributed by atoms with Crippen LogP contribution in [-0.4, -0.2) is 18.7 Å². The minimum atomic E-state index is -0.300. The summed E-state index contributed by atoms with van der Waals surface area (Å²) in [5.74, 6) is 0.268. The van der Waals surface area contributed by atoms with Gasteiger partial charge in [0.05, 0.1) is 23.7 Å². The van der Waals surface area contributed by atoms with Crippen molar-refractivity contribution < 1.29 is 37.2 Å². The van der Waals surface area contributed by atoms with Crippen LogP contribution in [0.5, 0.6) is 0 Å². The molecule has 0 bridgehead atoms. The molecule has 0 saturated heterocycles. The molecule has 202 valence electrons. The first-order valence-electron chi connectivity index (χ1n) is 11.4. The Morgan fingerprint density at radius 1 is 0.800 bits per heavy atom. The van der Waals surface area contributed by atoms with Crippen LogP contribution in [0.25, 0.3) is 0 Å². The van der Waals surface area contributed by atoms with Crippen LogP contribution in [0.4, 0.5) is 23.5 Å². The van der Waals surface area contributed by atoms with Crippen molar-refractivity contribution in [1.82, 2.24) is 0 Å². The standard InChI is InChI=1S/C26H34O3S.5FH/c1-2-3-4-5-9-20-28-24-18-16-22(17-19-24)21-12-14-23(15-13-21)26(27)29-30-25-10-7-6-8-11-25;;;;;/h6-8,10-15,22,24H,2-5,9,16-20H2,1H3;5*1H. The fraction of sp³-hybridized carbons (Fsp3) is 0.500. The van der Waals surface area contributed by atoms with Crippen molar-refractivity contribution in [3.8, 4) is 0 Å². The third-order valence-electron chi connectivity index (χ3n) is 5.85. The zero-order valence-electron chi connectivity index (χ0n) is 20.1. The fourth-order valence-electron chi connectivity index (χ4n) is 4.02. The highest BCUT2D eigenvalue weighted by molar-refractivity contribution is 7.95. The first-order chi connectivity index (χ1) is 14.8. The van der Waals surface area contributed by atoms with Crippen LogP contribution in [0, 0.1) is 0 Å². The van der Waals surface area contributed by atoms with Crippen molar-refractivity contribution in [1.29, 1.82) is 0 Å². The molecular weight excluding hydrogens is 487 g/mol. The Kier molecular flexibility index (Phi) is 22.6. The van der Waals surface area contributed by atoms with Gasteiger partial charge in [-0.1, -0.05) is 62.9 Å². The molecule has 0 radical (unpaired) electrons. The first kappa shape index (κ1) is 37.4. The number of hydrogen-bond acceptors (Lipinski definition) is 4. The van der Waals surface area contributed by atoms with Crippen molar-refractivity contribution in [2.75, 3.05) is 6.61 Å². The average molecular weight is 527 g/mol. The number of hydrogen-bond donors (Lipinski definition) is 0. The smallest absolute Gasteiger partial charge is 0.350 e. The van der Waals surface area contributed by atoms with Gasteiger partial charge in [-0.05, 0) is 67.9 Å². The van der Waals surface area contributed by atoms with Gasteiger partial charge in [0.25, 0.3) is 0 Å². The molecule has 3 nitrogen and oxygen atoms in total. The van der Waals surface area contributed by atoms with Gasteiger partial charge in [0.15, 0.2) is 0 Å². The molecule has 3 rings (SSSR count). The molecule has 0 heterocycles. The molecule has 0 atom stereocenters. The molecule has 1 saturated carbocycles. The van der Waals surface area contributed by atoms with Gasteiger partial charge in [-0.2, -0.15) is 0 Å². The molecule has 35 heavy (non-hydrogen) atoms. The van der Waals surface area contributed by atoms with Gasteiger partial charge in [0.1, 0.15) is 0 Å². The van der Waals surface area contributed by atoms with E-state index in [0.29, 0.717) is 17.6 Å². The normalized spacial score (nSPS) is 16.1. The topological polar surface area (TPSA) is 35.5 Å². The summed E-state index contributed by atoms with van der Waals surface area (Å²) in [6.07, 6.45) is 11.5. The highest BCUT2D eigenvalue weighted by Crippen LogP contribution is 2.34. The second-order valence-corrected chi connectivity index (χ2v) is 8.95. The van der Waals surface area contributed by atoms with E-state index in [0.717, 1.165) is 49.2 Å². The monoisotopic (exact) mass is 526 g/mol. The van der Waals surface area contributed by atoms with Crippen molar-refractivity contribution in [2.24, 2.45) is 0 Å². The lowest BCUT2D eigenvalue weighted by Crippen LogP contribution is -2.21. The number of unbranched alkanes of at least 4 members (excludes halogenated alkanes) is 4. The van der Waals surface area contributed by atoms with E-state index < -0.39 is 0 Å². The van der Waals surface area contributed by atoms with Crippen molar-refractivity contribution >= 4 is 18.0 Å². The molecule has 0 amide bonds. The van der Waals surface area contributed by atoms with Gasteiger partial charge in [0, 0.05) is 11.5 Å². The van der Waals surface area contributed by atoms with E-state index in [1.54, 1.807) is 0 Å². The Morgan fingerprint density at radius 2 is 1.40 bits per heavy atom. The number of ether oxygens (including phenoxy) is 1. The molecule has 1 aliphatic carbocycles. The quantitative estimate of drug-likeness (QED) is 0.168. The van der Waals surface area contributed by atoms with Crippen LogP contribution >= 0.6 is 12.0 Å². The molecule has 1 aliphatic rings. The molecule has 0 N–H and O–H groups in total. The van der Waals surface area contributed by atoms with Crippen LogP contribution in [0.1, 0.15) is 86.6 Å². The molecule has 2 aromatic carbocycles. The summed E-state index contributed by atoms with van der Waals surface area (Å²) in [5.41, 5.74) is 1.92. The number of rotatable bonds is 11. The van der Waals surface area contributed by atoms with Crippen molar-refractivity contribution in [2.45, 2.75) is 81.6 Å². The third-order valence-corrected chi connectivity index (χ3v) is 6.55. The maximum atomic E-state index is 12.3. The molecule has 0 aromatic heterocycles. The summed E-state index contributed by atoms with van der Waals surface area (Å²) in [6.45, 7) is 3.16. The maximum Gasteiger partial charge on any atom is 0.350 e. The van der Waals surface area contributed by atoms with Gasteiger partial charge in [0.2, 0.25) is 0 Å². The Labute approximate surface area is 209 Å². The average Bonchev–Trinajstić information content (AvgIpc) is 2.81. The predicted octanol–water partition coefficient (Wildman–Crippen LogP) is 8.33. The molecular formula is C26H39F5O3S. The first-order valence-corrected chi connectivity index (χ1v) is 12.2. The Bertz CT molecular complexity index is 757. The summed E-state index contributed by atoms with van der Waals surface area (Å²) in [5, 5.41) is 0. The molecule has 0 aliphatic heterocycles. The van der Waals surface area contributed by atoms with E-state index in [1.807, 2.05) is 42.5 Å². The van der Waals surface area contributed by atoms with E-state index in [2.05, 4.69) is 19.1 Å². The summed E-state index contributed by atoms with van der Waals surface area (Å²) in [4.78, 5) is 13.2. The minimum absolute atomic E-state index is 0. The summed E-state index contributed by atoms with van der Waals surface area (Å²) < 4.78 is 11.4. The number of carbonyl (C=O) groups excluding carboxylic acids is 1. The Hall–Kier alpha value is -2.13. The maximum absolute atomic E-state index is 12.3. The predicted molar refractivity (Wildman–Crippen MR) is 136 cm³/mol. The molecule has 2 aromatic rings. The molecule has 0 unspecified atom stereocenters. The van der Waals surface area contributed by atoms with Gasteiger partial charge in [-0.25, -0.2) is 4.79 Å². The van der Waals surface area contributed by atoms with E-state index in [-0.39, 0.29) is 29.5 Å². The second-order valence-electron chi connectivity index (χ2n) is 8.15. The van der Waals surface area contributed by atoms with Gasteiger partial charge >= 0.3 is 5.97 Å². The van der Waals surface area contributed by atoms with Crippen LogP contribution in [0.2, 0.25) is 0 Å². The van der Waals surface area contributed by atoms with Crippen LogP contribution in [0.3, 0.4) is 0 Å². The van der Waals surface area contributed by atoms with E-state index in [4.69, 9.17) is 8.92 Å². The van der Waals surface area contributed by atoms with Gasteiger partial charge in [-0.15, -0.1) is 0 Å². The van der Waals surface area contributed by atoms with Gasteiger partial charge < -0.3 is 8.92 Å². The zero-order chi connectivity index (χ0) is 21.0. The molecule has 1 fully saturated rings. The third kappa shape index (κ3) is 12.9. The minimum Gasteiger partial charge on any atom is -0.382 e. The van der Waals surface area contributed by atoms with Gasteiger partial charge in [-0.3, -0.25) is 23.5 Å². The second kappa shape index (κ2) is 21.2. The summed E-state index contributed by atoms with van der Waals surface area (Å²) >= 11 is 1.10. The lowest BCUT2D eigenvalue weighted by atomic mass is 9.82. The Balaban J connectivity index is -0.00000205. The number of halogens is 5. The largest absolute Gasteiger partial charge is 0.382 e. The summed E-state index contributed by atoms with van der Waals surface area (Å²) in [6, 6.07) is 17.6. The van der Waals surface area contributed by atoms with Crippen molar-refractivity contribution in [3.63, 3.8) is 0 Å². The highest BCUT2D eigenvalue weighted by atomic mass is 32.2. The zero-order valence-corrected chi connectivity index (χ0v) is 20.9. The van der Waals surface area contributed by atoms with Crippen LogP contribution in [0.15, 0.2) is 59.5 Å². The van der Waals surface area contributed by atoms with E-state index in [9.17, 15) is 4.79 Å². The van der Waals surface area contributed by atoms with Crippen LogP contribution < -0.4 is 0 Å². The lowest BCUT2D eigenvalue weighted by molar-refractivity contribution is 0.0226. The van der Waals surface area contributed by atoms with E-state index in [1.165, 1.54) is 37.7 Å². The van der Waals surface area contributed by atoms with E-state index >= 15 is 0 Å².